The summed E-state index contributed by atoms with van der Waals surface area (Å²) >= 11 is 0. The minimum atomic E-state index is -0.309. The predicted octanol–water partition coefficient (Wildman–Crippen LogP) is 3.37. The highest BCUT2D eigenvalue weighted by Gasteiger charge is 2.08. The van der Waals surface area contributed by atoms with Crippen LogP contribution in [0.5, 0.6) is 23.0 Å². The SMILES string of the molecule is COc1ccc(OC)c(C=CC(=O)Nc2cc(OC)ccc2OC)c1. The number of methoxy groups -OCH3 is 4. The zero-order valence-corrected chi connectivity index (χ0v) is 14.7. The first-order valence-corrected chi connectivity index (χ1v) is 7.54. The van der Waals surface area contributed by atoms with Gasteiger partial charge in [-0.3, -0.25) is 4.79 Å². The molecule has 0 unspecified atom stereocenters. The lowest BCUT2D eigenvalue weighted by Crippen LogP contribution is -2.09. The Balaban J connectivity index is 2.19. The Morgan fingerprint density at radius 3 is 2.04 bits per heavy atom. The number of hydrogen-bond donors (Lipinski definition) is 1. The number of rotatable bonds is 7. The van der Waals surface area contributed by atoms with Gasteiger partial charge in [-0.25, -0.2) is 0 Å². The maximum Gasteiger partial charge on any atom is 0.248 e. The molecule has 0 bridgehead atoms. The van der Waals surface area contributed by atoms with E-state index < -0.39 is 0 Å². The average Bonchev–Trinajstić information content (AvgIpc) is 2.65. The van der Waals surface area contributed by atoms with Crippen LogP contribution in [-0.2, 0) is 4.79 Å². The number of hydrogen-bond acceptors (Lipinski definition) is 5. The third kappa shape index (κ3) is 4.67. The lowest BCUT2D eigenvalue weighted by molar-refractivity contribution is -0.111. The Morgan fingerprint density at radius 1 is 0.840 bits per heavy atom. The number of nitrogens with one attached hydrogen (secondary N) is 1. The molecule has 2 rings (SSSR count). The van der Waals surface area contributed by atoms with Crippen molar-refractivity contribution < 1.29 is 23.7 Å². The van der Waals surface area contributed by atoms with Crippen LogP contribution < -0.4 is 24.3 Å². The third-order valence-electron chi connectivity index (χ3n) is 3.52. The van der Waals surface area contributed by atoms with Gasteiger partial charge in [0.15, 0.2) is 0 Å². The molecule has 0 radical (unpaired) electrons. The van der Waals surface area contributed by atoms with Crippen LogP contribution in [-0.4, -0.2) is 34.3 Å². The van der Waals surface area contributed by atoms with E-state index in [2.05, 4.69) is 5.32 Å². The molecule has 0 fully saturated rings. The molecule has 0 aliphatic heterocycles. The minimum Gasteiger partial charge on any atom is -0.497 e. The van der Waals surface area contributed by atoms with Gasteiger partial charge >= 0.3 is 0 Å². The number of ether oxygens (including phenoxy) is 4. The molecule has 6 heteroatoms. The number of carbonyl (C=O) groups is 1. The molecule has 0 aliphatic rings. The second-order valence-electron chi connectivity index (χ2n) is 5.00. The highest BCUT2D eigenvalue weighted by atomic mass is 16.5. The van der Waals surface area contributed by atoms with E-state index in [1.807, 2.05) is 0 Å². The number of benzene rings is 2. The molecule has 2 aromatic rings. The quantitative estimate of drug-likeness (QED) is 0.781. The normalized spacial score (nSPS) is 10.4. The molecule has 0 atom stereocenters. The van der Waals surface area contributed by atoms with Crippen molar-refractivity contribution in [3.8, 4) is 23.0 Å². The van der Waals surface area contributed by atoms with Crippen molar-refractivity contribution in [2.45, 2.75) is 0 Å². The third-order valence-corrected chi connectivity index (χ3v) is 3.52. The maximum absolute atomic E-state index is 12.2. The molecule has 1 N–H and O–H groups in total. The lowest BCUT2D eigenvalue weighted by atomic mass is 10.1. The van der Waals surface area contributed by atoms with Gasteiger partial charge in [0.05, 0.1) is 34.1 Å². The molecule has 132 valence electrons. The van der Waals surface area contributed by atoms with Crippen molar-refractivity contribution in [1.82, 2.24) is 0 Å². The molecule has 0 heterocycles. The van der Waals surface area contributed by atoms with Crippen LogP contribution >= 0.6 is 0 Å². The van der Waals surface area contributed by atoms with E-state index in [9.17, 15) is 4.79 Å². The molecule has 0 aromatic heterocycles. The van der Waals surface area contributed by atoms with E-state index in [1.54, 1.807) is 63.8 Å². The summed E-state index contributed by atoms with van der Waals surface area (Å²) in [6, 6.07) is 10.5. The van der Waals surface area contributed by atoms with Gasteiger partial charge in [0.1, 0.15) is 23.0 Å². The maximum atomic E-state index is 12.2. The summed E-state index contributed by atoms with van der Waals surface area (Å²) in [5.74, 6) is 2.17. The van der Waals surface area contributed by atoms with Gasteiger partial charge < -0.3 is 24.3 Å². The second kappa shape index (κ2) is 8.63. The molecule has 6 nitrogen and oxygen atoms in total. The summed E-state index contributed by atoms with van der Waals surface area (Å²) in [6.07, 6.45) is 3.07. The minimum absolute atomic E-state index is 0.309. The van der Waals surface area contributed by atoms with Crippen molar-refractivity contribution in [3.63, 3.8) is 0 Å². The van der Waals surface area contributed by atoms with Crippen molar-refractivity contribution in [2.24, 2.45) is 0 Å². The molecule has 0 spiro atoms. The molecular weight excluding hydrogens is 322 g/mol. The summed E-state index contributed by atoms with van der Waals surface area (Å²) < 4.78 is 20.9. The lowest BCUT2D eigenvalue weighted by Gasteiger charge is -2.10. The van der Waals surface area contributed by atoms with E-state index >= 15 is 0 Å². The van der Waals surface area contributed by atoms with Crippen LogP contribution in [0, 0.1) is 0 Å². The van der Waals surface area contributed by atoms with Crippen molar-refractivity contribution in [2.75, 3.05) is 33.8 Å². The molecule has 2 aromatic carbocycles. The zero-order valence-electron chi connectivity index (χ0n) is 14.7. The first kappa shape index (κ1) is 18.2. The fourth-order valence-corrected chi connectivity index (χ4v) is 2.22. The highest BCUT2D eigenvalue weighted by molar-refractivity contribution is 6.03. The van der Waals surface area contributed by atoms with Crippen LogP contribution in [0.25, 0.3) is 6.08 Å². The molecule has 1 amide bonds. The van der Waals surface area contributed by atoms with Gasteiger partial charge in [-0.1, -0.05) is 0 Å². The number of anilines is 1. The summed E-state index contributed by atoms with van der Waals surface area (Å²) in [7, 11) is 6.24. The second-order valence-corrected chi connectivity index (χ2v) is 5.00. The predicted molar refractivity (Wildman–Crippen MR) is 96.8 cm³/mol. The van der Waals surface area contributed by atoms with E-state index in [0.717, 1.165) is 5.56 Å². The largest absolute Gasteiger partial charge is 0.497 e. The monoisotopic (exact) mass is 343 g/mol. The van der Waals surface area contributed by atoms with Crippen molar-refractivity contribution >= 4 is 17.7 Å². The van der Waals surface area contributed by atoms with Gasteiger partial charge in [0, 0.05) is 17.7 Å². The van der Waals surface area contributed by atoms with E-state index in [-0.39, 0.29) is 5.91 Å². The van der Waals surface area contributed by atoms with Gasteiger partial charge in [-0.2, -0.15) is 0 Å². The van der Waals surface area contributed by atoms with Crippen molar-refractivity contribution in [3.05, 3.63) is 48.0 Å². The Bertz CT molecular complexity index is 770. The first-order valence-electron chi connectivity index (χ1n) is 7.54. The van der Waals surface area contributed by atoms with Crippen molar-refractivity contribution in [1.29, 1.82) is 0 Å². The molecular formula is C19H21NO5. The van der Waals surface area contributed by atoms with E-state index in [0.29, 0.717) is 28.7 Å². The fraction of sp³-hybridized carbons (Fsp3) is 0.211. The summed E-state index contributed by atoms with van der Waals surface area (Å²) in [5, 5.41) is 2.77. The summed E-state index contributed by atoms with van der Waals surface area (Å²) in [6.45, 7) is 0. The molecule has 0 saturated carbocycles. The summed E-state index contributed by atoms with van der Waals surface area (Å²) in [4.78, 5) is 12.2. The summed E-state index contributed by atoms with van der Waals surface area (Å²) in [5.41, 5.74) is 1.25. The average molecular weight is 343 g/mol. The van der Waals surface area contributed by atoms with Crippen LogP contribution in [0.15, 0.2) is 42.5 Å². The van der Waals surface area contributed by atoms with E-state index in [1.165, 1.54) is 13.2 Å². The van der Waals surface area contributed by atoms with Crippen LogP contribution in [0.2, 0.25) is 0 Å². The van der Waals surface area contributed by atoms with Gasteiger partial charge in [0.2, 0.25) is 5.91 Å². The Labute approximate surface area is 147 Å². The first-order chi connectivity index (χ1) is 12.1. The Morgan fingerprint density at radius 2 is 1.44 bits per heavy atom. The Hall–Kier alpha value is -3.15. The smallest absolute Gasteiger partial charge is 0.248 e. The standard InChI is InChI=1S/C19H21NO5/c1-22-14-6-8-17(24-3)13(11-14)5-10-19(21)20-16-12-15(23-2)7-9-18(16)25-4/h5-12H,1-4H3,(H,20,21). The fourth-order valence-electron chi connectivity index (χ4n) is 2.22. The molecule has 0 saturated heterocycles. The van der Waals surface area contributed by atoms with Crippen LogP contribution in [0.4, 0.5) is 5.69 Å². The van der Waals surface area contributed by atoms with Crippen LogP contribution in [0.3, 0.4) is 0 Å². The Kier molecular flexibility index (Phi) is 6.28. The number of carbonyl (C=O) groups excluding carboxylic acids is 1. The molecule has 0 aliphatic carbocycles. The molecule has 25 heavy (non-hydrogen) atoms. The number of amides is 1. The van der Waals surface area contributed by atoms with Gasteiger partial charge in [0.25, 0.3) is 0 Å². The topological polar surface area (TPSA) is 66.0 Å². The van der Waals surface area contributed by atoms with Crippen LogP contribution in [0.1, 0.15) is 5.56 Å². The van der Waals surface area contributed by atoms with E-state index in [4.69, 9.17) is 18.9 Å². The highest BCUT2D eigenvalue weighted by Crippen LogP contribution is 2.29. The van der Waals surface area contributed by atoms with Gasteiger partial charge in [-0.15, -0.1) is 0 Å². The van der Waals surface area contributed by atoms with Gasteiger partial charge in [-0.05, 0) is 36.4 Å². The zero-order chi connectivity index (χ0) is 18.2.